The lowest BCUT2D eigenvalue weighted by Gasteiger charge is -2.17. The maximum Gasteiger partial charge on any atom is 0.254 e. The number of likely N-dealkylation sites (tertiary alicyclic amines) is 1. The van der Waals surface area contributed by atoms with E-state index in [1.165, 1.54) is 12.1 Å². The number of amides is 1. The quantitative estimate of drug-likeness (QED) is 0.863. The summed E-state index contributed by atoms with van der Waals surface area (Å²) in [7, 11) is 1.59. The van der Waals surface area contributed by atoms with Gasteiger partial charge < -0.3 is 14.5 Å². The van der Waals surface area contributed by atoms with Crippen LogP contribution in [0.3, 0.4) is 0 Å². The van der Waals surface area contributed by atoms with Gasteiger partial charge in [-0.25, -0.2) is 4.39 Å². The van der Waals surface area contributed by atoms with Gasteiger partial charge in [-0.05, 0) is 36.4 Å². The average molecular weight is 340 g/mol. The van der Waals surface area contributed by atoms with Crippen LogP contribution in [0.2, 0.25) is 0 Å². The molecule has 0 radical (unpaired) electrons. The minimum Gasteiger partial charge on any atom is -0.497 e. The Morgan fingerprint density at radius 1 is 1.16 bits per heavy atom. The van der Waals surface area contributed by atoms with Crippen molar-refractivity contribution in [1.29, 1.82) is 0 Å². The van der Waals surface area contributed by atoms with Crippen LogP contribution in [0, 0.1) is 11.7 Å². The van der Waals surface area contributed by atoms with Crippen LogP contribution in [0.15, 0.2) is 53.7 Å². The average Bonchev–Trinajstić information content (AvgIpc) is 3.23. The molecule has 2 unspecified atom stereocenters. The fourth-order valence-electron chi connectivity index (χ4n) is 3.30. The summed E-state index contributed by atoms with van der Waals surface area (Å²) >= 11 is 0. The Morgan fingerprint density at radius 2 is 1.88 bits per heavy atom. The van der Waals surface area contributed by atoms with Gasteiger partial charge in [-0.1, -0.05) is 17.3 Å². The summed E-state index contributed by atoms with van der Waals surface area (Å²) in [6.07, 6.45) is -0.151. The van der Waals surface area contributed by atoms with Crippen LogP contribution in [0.4, 0.5) is 4.39 Å². The number of fused-ring (bicyclic) bond motifs is 1. The van der Waals surface area contributed by atoms with Gasteiger partial charge in [0.25, 0.3) is 5.91 Å². The zero-order chi connectivity index (χ0) is 17.4. The lowest BCUT2D eigenvalue weighted by molar-refractivity contribution is 0.0631. The molecule has 2 aliphatic rings. The first kappa shape index (κ1) is 15.6. The van der Waals surface area contributed by atoms with Gasteiger partial charge in [0.1, 0.15) is 11.6 Å². The molecular formula is C19H17FN2O3. The van der Waals surface area contributed by atoms with Crippen molar-refractivity contribution in [2.45, 2.75) is 6.10 Å². The van der Waals surface area contributed by atoms with Crippen LogP contribution in [0.25, 0.3) is 0 Å². The SMILES string of the molecule is COc1ccc(C(=O)N2CC3ON=C(c4ccc(F)cc4)C3C2)cc1. The zero-order valence-electron chi connectivity index (χ0n) is 13.7. The molecule has 6 heteroatoms. The first-order chi connectivity index (χ1) is 12.2. The molecule has 0 bridgehead atoms. The molecule has 25 heavy (non-hydrogen) atoms. The van der Waals surface area contributed by atoms with Crippen molar-refractivity contribution in [2.75, 3.05) is 20.2 Å². The number of hydrogen-bond acceptors (Lipinski definition) is 4. The molecule has 0 spiro atoms. The number of halogens is 1. The molecule has 0 saturated carbocycles. The fraction of sp³-hybridized carbons (Fsp3) is 0.263. The lowest BCUT2D eigenvalue weighted by Crippen LogP contribution is -2.30. The molecule has 2 atom stereocenters. The Kier molecular flexibility index (Phi) is 3.87. The van der Waals surface area contributed by atoms with Gasteiger partial charge in [0.15, 0.2) is 6.10 Å². The van der Waals surface area contributed by atoms with E-state index in [1.807, 2.05) is 0 Å². The first-order valence-electron chi connectivity index (χ1n) is 8.08. The van der Waals surface area contributed by atoms with Gasteiger partial charge in [-0.15, -0.1) is 0 Å². The molecule has 1 amide bonds. The number of oxime groups is 1. The summed E-state index contributed by atoms with van der Waals surface area (Å²) in [6.45, 7) is 1.02. The highest BCUT2D eigenvalue weighted by molar-refractivity contribution is 6.04. The molecular weight excluding hydrogens is 323 g/mol. The molecule has 5 nitrogen and oxygen atoms in total. The van der Waals surface area contributed by atoms with Crippen molar-refractivity contribution in [3.05, 3.63) is 65.5 Å². The number of carbonyl (C=O) groups is 1. The van der Waals surface area contributed by atoms with E-state index in [1.54, 1.807) is 48.4 Å². The normalized spacial score (nSPS) is 21.5. The summed E-state index contributed by atoms with van der Waals surface area (Å²) < 4.78 is 18.2. The number of nitrogens with zero attached hydrogens (tertiary/aromatic N) is 2. The van der Waals surface area contributed by atoms with E-state index in [9.17, 15) is 9.18 Å². The minimum atomic E-state index is -0.289. The van der Waals surface area contributed by atoms with E-state index in [4.69, 9.17) is 9.57 Å². The molecule has 2 aliphatic heterocycles. The van der Waals surface area contributed by atoms with Gasteiger partial charge in [0, 0.05) is 17.7 Å². The van der Waals surface area contributed by atoms with E-state index in [-0.39, 0.29) is 23.7 Å². The van der Waals surface area contributed by atoms with E-state index in [0.717, 1.165) is 11.3 Å². The highest BCUT2D eigenvalue weighted by atomic mass is 19.1. The molecule has 2 aromatic rings. The lowest BCUT2D eigenvalue weighted by atomic mass is 9.95. The second-order valence-electron chi connectivity index (χ2n) is 6.17. The van der Waals surface area contributed by atoms with E-state index >= 15 is 0 Å². The molecule has 4 rings (SSSR count). The second-order valence-corrected chi connectivity index (χ2v) is 6.17. The third-order valence-electron chi connectivity index (χ3n) is 4.67. The van der Waals surface area contributed by atoms with Crippen molar-refractivity contribution < 1.29 is 18.8 Å². The molecule has 1 fully saturated rings. The predicted molar refractivity (Wildman–Crippen MR) is 90.2 cm³/mol. The van der Waals surface area contributed by atoms with Gasteiger partial charge in [0.2, 0.25) is 0 Å². The van der Waals surface area contributed by atoms with Crippen molar-refractivity contribution in [1.82, 2.24) is 4.90 Å². The molecule has 128 valence electrons. The van der Waals surface area contributed by atoms with Gasteiger partial charge in [-0.2, -0.15) is 0 Å². The highest BCUT2D eigenvalue weighted by Crippen LogP contribution is 2.31. The molecule has 2 heterocycles. The van der Waals surface area contributed by atoms with E-state index in [2.05, 4.69) is 5.16 Å². The molecule has 0 N–H and O–H groups in total. The van der Waals surface area contributed by atoms with E-state index < -0.39 is 0 Å². The maximum absolute atomic E-state index is 13.1. The largest absolute Gasteiger partial charge is 0.497 e. The zero-order valence-corrected chi connectivity index (χ0v) is 13.7. The monoisotopic (exact) mass is 340 g/mol. The topological polar surface area (TPSA) is 51.1 Å². The van der Waals surface area contributed by atoms with Crippen LogP contribution >= 0.6 is 0 Å². The molecule has 0 aliphatic carbocycles. The fourth-order valence-corrected chi connectivity index (χ4v) is 3.30. The second kappa shape index (κ2) is 6.20. The standard InChI is InChI=1S/C19H17FN2O3/c1-24-15-8-4-13(5-9-15)19(23)22-10-16-17(11-22)25-21-18(16)12-2-6-14(20)7-3-12/h2-9,16-17H,10-11H2,1H3. The molecule has 2 aromatic carbocycles. The van der Waals surface area contributed by atoms with Crippen LogP contribution < -0.4 is 4.74 Å². The smallest absolute Gasteiger partial charge is 0.254 e. The Balaban J connectivity index is 1.50. The Bertz CT molecular complexity index is 818. The highest BCUT2D eigenvalue weighted by Gasteiger charge is 2.44. The van der Waals surface area contributed by atoms with Crippen LogP contribution in [-0.2, 0) is 4.84 Å². The van der Waals surface area contributed by atoms with Crippen molar-refractivity contribution in [3.63, 3.8) is 0 Å². The van der Waals surface area contributed by atoms with Crippen molar-refractivity contribution in [3.8, 4) is 5.75 Å². The maximum atomic E-state index is 13.1. The molecule has 0 aromatic heterocycles. The van der Waals surface area contributed by atoms with Crippen LogP contribution in [0.5, 0.6) is 5.75 Å². The summed E-state index contributed by atoms with van der Waals surface area (Å²) in [5.41, 5.74) is 2.21. The number of hydrogen-bond donors (Lipinski definition) is 0. The summed E-state index contributed by atoms with van der Waals surface area (Å²) in [6, 6.07) is 13.2. The number of ether oxygens (including phenoxy) is 1. The number of carbonyl (C=O) groups excluding carboxylic acids is 1. The third-order valence-corrected chi connectivity index (χ3v) is 4.67. The van der Waals surface area contributed by atoms with Gasteiger partial charge >= 0.3 is 0 Å². The Morgan fingerprint density at radius 3 is 2.56 bits per heavy atom. The first-order valence-corrected chi connectivity index (χ1v) is 8.08. The van der Waals surface area contributed by atoms with Crippen molar-refractivity contribution >= 4 is 11.6 Å². The van der Waals surface area contributed by atoms with Crippen LogP contribution in [-0.4, -0.2) is 42.8 Å². The van der Waals surface area contributed by atoms with Crippen molar-refractivity contribution in [2.24, 2.45) is 11.1 Å². The number of methoxy groups -OCH3 is 1. The summed E-state index contributed by atoms with van der Waals surface area (Å²) in [5, 5.41) is 4.15. The molecule has 1 saturated heterocycles. The number of benzene rings is 2. The third kappa shape index (κ3) is 2.84. The minimum absolute atomic E-state index is 0.00709. The van der Waals surface area contributed by atoms with Gasteiger partial charge in [0.05, 0.1) is 25.3 Å². The summed E-state index contributed by atoms with van der Waals surface area (Å²) in [5.74, 6) is 0.387. The predicted octanol–water partition coefficient (Wildman–Crippen LogP) is 2.71. The van der Waals surface area contributed by atoms with Gasteiger partial charge in [-0.3, -0.25) is 4.79 Å². The van der Waals surface area contributed by atoms with Crippen LogP contribution in [0.1, 0.15) is 15.9 Å². The Hall–Kier alpha value is -2.89. The number of rotatable bonds is 3. The Labute approximate surface area is 144 Å². The summed E-state index contributed by atoms with van der Waals surface area (Å²) in [4.78, 5) is 20.0. The van der Waals surface area contributed by atoms with E-state index in [0.29, 0.717) is 24.4 Å².